The van der Waals surface area contributed by atoms with Crippen LogP contribution in [0.1, 0.15) is 19.8 Å². The van der Waals surface area contributed by atoms with E-state index in [1.165, 1.54) is 18.5 Å². The molecule has 4 heteroatoms. The summed E-state index contributed by atoms with van der Waals surface area (Å²) >= 11 is 0. The molecule has 88 valence electrons. The fourth-order valence-corrected chi connectivity index (χ4v) is 2.29. The Morgan fingerprint density at radius 3 is 2.75 bits per heavy atom. The molecule has 1 atom stereocenters. The van der Waals surface area contributed by atoms with Crippen LogP contribution in [0, 0.1) is 0 Å². The Morgan fingerprint density at radius 2 is 2.19 bits per heavy atom. The molecule has 0 bridgehead atoms. The first-order valence-corrected chi connectivity index (χ1v) is 5.88. The number of anilines is 3. The minimum atomic E-state index is 0.612. The molecule has 2 N–H and O–H groups in total. The molecule has 1 saturated heterocycles. The number of aromatic nitrogens is 1. The molecule has 1 unspecified atom stereocenters. The Morgan fingerprint density at radius 1 is 1.38 bits per heavy atom. The van der Waals surface area contributed by atoms with E-state index in [-0.39, 0.29) is 0 Å². The summed E-state index contributed by atoms with van der Waals surface area (Å²) in [6.07, 6.45) is 4.40. The standard InChI is InChI=1S/C12H20N4/c1-9-5-4-6-16(9)11-7-10(13-2)8-15-12(11)14-3/h7-9,13H,4-6H2,1-3H3,(H,14,15). The van der Waals surface area contributed by atoms with Gasteiger partial charge in [0, 0.05) is 26.7 Å². The summed E-state index contributed by atoms with van der Waals surface area (Å²) in [6, 6.07) is 2.78. The molecule has 0 amide bonds. The van der Waals surface area contributed by atoms with Crippen molar-refractivity contribution in [1.29, 1.82) is 0 Å². The molecule has 0 aliphatic carbocycles. The molecule has 1 aliphatic heterocycles. The number of hydrogen-bond donors (Lipinski definition) is 2. The van der Waals surface area contributed by atoms with E-state index < -0.39 is 0 Å². The van der Waals surface area contributed by atoms with Crippen molar-refractivity contribution in [3.05, 3.63) is 12.3 Å². The molecule has 4 nitrogen and oxygen atoms in total. The maximum absolute atomic E-state index is 4.43. The van der Waals surface area contributed by atoms with Crippen LogP contribution in [0.15, 0.2) is 12.3 Å². The van der Waals surface area contributed by atoms with Crippen molar-refractivity contribution in [2.45, 2.75) is 25.8 Å². The highest BCUT2D eigenvalue weighted by Gasteiger charge is 2.23. The van der Waals surface area contributed by atoms with Gasteiger partial charge in [0.2, 0.25) is 0 Å². The van der Waals surface area contributed by atoms with E-state index >= 15 is 0 Å². The SMILES string of the molecule is CNc1cnc(NC)c(N2CCCC2C)c1. The average Bonchev–Trinajstić information content (AvgIpc) is 2.74. The summed E-state index contributed by atoms with van der Waals surface area (Å²) in [5, 5.41) is 6.30. The fraction of sp³-hybridized carbons (Fsp3) is 0.583. The lowest BCUT2D eigenvalue weighted by molar-refractivity contribution is 0.734. The Balaban J connectivity index is 2.36. The van der Waals surface area contributed by atoms with Gasteiger partial charge in [-0.05, 0) is 25.8 Å². The molecule has 2 rings (SSSR count). The van der Waals surface area contributed by atoms with E-state index in [0.717, 1.165) is 18.1 Å². The summed E-state index contributed by atoms with van der Waals surface area (Å²) in [4.78, 5) is 6.86. The van der Waals surface area contributed by atoms with Gasteiger partial charge in [0.1, 0.15) is 5.82 Å². The summed E-state index contributed by atoms with van der Waals surface area (Å²) in [6.45, 7) is 3.41. The highest BCUT2D eigenvalue weighted by molar-refractivity contribution is 5.71. The van der Waals surface area contributed by atoms with E-state index in [0.29, 0.717) is 6.04 Å². The first kappa shape index (κ1) is 11.0. The van der Waals surface area contributed by atoms with E-state index in [4.69, 9.17) is 0 Å². The van der Waals surface area contributed by atoms with Crippen LogP contribution in [-0.2, 0) is 0 Å². The molecule has 2 heterocycles. The van der Waals surface area contributed by atoms with Gasteiger partial charge in [0.25, 0.3) is 0 Å². The van der Waals surface area contributed by atoms with Gasteiger partial charge in [-0.15, -0.1) is 0 Å². The van der Waals surface area contributed by atoms with E-state index in [1.54, 1.807) is 0 Å². The molecule has 16 heavy (non-hydrogen) atoms. The van der Waals surface area contributed by atoms with Crippen LogP contribution in [0.25, 0.3) is 0 Å². The van der Waals surface area contributed by atoms with Crippen LogP contribution < -0.4 is 15.5 Å². The number of pyridine rings is 1. The van der Waals surface area contributed by atoms with E-state index in [2.05, 4.69) is 33.5 Å². The average molecular weight is 220 g/mol. The Labute approximate surface area is 97.1 Å². The Hall–Kier alpha value is -1.45. The highest BCUT2D eigenvalue weighted by Crippen LogP contribution is 2.32. The van der Waals surface area contributed by atoms with Crippen molar-refractivity contribution in [3.63, 3.8) is 0 Å². The third-order valence-electron chi connectivity index (χ3n) is 3.26. The van der Waals surface area contributed by atoms with Crippen molar-refractivity contribution in [2.24, 2.45) is 0 Å². The molecule has 0 radical (unpaired) electrons. The van der Waals surface area contributed by atoms with Gasteiger partial charge >= 0.3 is 0 Å². The number of nitrogens with zero attached hydrogens (tertiary/aromatic N) is 2. The zero-order valence-electron chi connectivity index (χ0n) is 10.2. The molecule has 1 aromatic heterocycles. The molecule has 1 aliphatic rings. The minimum Gasteiger partial charge on any atom is -0.387 e. The van der Waals surface area contributed by atoms with Gasteiger partial charge in [0.15, 0.2) is 0 Å². The van der Waals surface area contributed by atoms with Gasteiger partial charge in [0.05, 0.1) is 17.6 Å². The summed E-state index contributed by atoms with van der Waals surface area (Å²) < 4.78 is 0. The molecule has 1 aromatic rings. The number of nitrogens with one attached hydrogen (secondary N) is 2. The summed E-state index contributed by atoms with van der Waals surface area (Å²) in [5.41, 5.74) is 2.27. The number of hydrogen-bond acceptors (Lipinski definition) is 4. The summed E-state index contributed by atoms with van der Waals surface area (Å²) in [7, 11) is 3.85. The van der Waals surface area contributed by atoms with Crippen LogP contribution >= 0.6 is 0 Å². The molecule has 0 saturated carbocycles. The second-order valence-corrected chi connectivity index (χ2v) is 4.28. The lowest BCUT2D eigenvalue weighted by atomic mass is 10.2. The smallest absolute Gasteiger partial charge is 0.149 e. The number of rotatable bonds is 3. The van der Waals surface area contributed by atoms with Crippen molar-refractivity contribution >= 4 is 17.2 Å². The first-order valence-electron chi connectivity index (χ1n) is 5.88. The molecular weight excluding hydrogens is 200 g/mol. The lowest BCUT2D eigenvalue weighted by Gasteiger charge is -2.26. The van der Waals surface area contributed by atoms with Crippen molar-refractivity contribution in [3.8, 4) is 0 Å². The summed E-state index contributed by atoms with van der Waals surface area (Å²) in [5.74, 6) is 0.966. The quantitative estimate of drug-likeness (QED) is 0.819. The molecule has 0 spiro atoms. The third kappa shape index (κ3) is 1.92. The third-order valence-corrected chi connectivity index (χ3v) is 3.26. The Bertz CT molecular complexity index is 364. The maximum Gasteiger partial charge on any atom is 0.149 e. The lowest BCUT2D eigenvalue weighted by Crippen LogP contribution is -2.27. The largest absolute Gasteiger partial charge is 0.387 e. The van der Waals surface area contributed by atoms with Crippen molar-refractivity contribution in [2.75, 3.05) is 36.2 Å². The highest BCUT2D eigenvalue weighted by atomic mass is 15.2. The van der Waals surface area contributed by atoms with Gasteiger partial charge in [-0.25, -0.2) is 4.98 Å². The second kappa shape index (κ2) is 4.60. The van der Waals surface area contributed by atoms with Crippen LogP contribution in [0.4, 0.5) is 17.2 Å². The van der Waals surface area contributed by atoms with E-state index in [9.17, 15) is 0 Å². The molecule has 0 aromatic carbocycles. The minimum absolute atomic E-state index is 0.612. The van der Waals surface area contributed by atoms with Gasteiger partial charge < -0.3 is 15.5 Å². The predicted molar refractivity (Wildman–Crippen MR) is 69.4 cm³/mol. The molecule has 1 fully saturated rings. The predicted octanol–water partition coefficient (Wildman–Crippen LogP) is 2.15. The first-order chi connectivity index (χ1) is 7.76. The van der Waals surface area contributed by atoms with Crippen molar-refractivity contribution in [1.82, 2.24) is 4.98 Å². The van der Waals surface area contributed by atoms with Gasteiger partial charge in [-0.3, -0.25) is 0 Å². The second-order valence-electron chi connectivity index (χ2n) is 4.28. The normalized spacial score (nSPS) is 19.9. The topological polar surface area (TPSA) is 40.2 Å². The van der Waals surface area contributed by atoms with Gasteiger partial charge in [-0.1, -0.05) is 0 Å². The van der Waals surface area contributed by atoms with Crippen molar-refractivity contribution < 1.29 is 0 Å². The van der Waals surface area contributed by atoms with E-state index in [1.807, 2.05) is 20.3 Å². The Kier molecular flexibility index (Phi) is 3.17. The van der Waals surface area contributed by atoms with Crippen LogP contribution in [0.3, 0.4) is 0 Å². The maximum atomic E-state index is 4.43. The zero-order chi connectivity index (χ0) is 11.5. The van der Waals surface area contributed by atoms with Crippen LogP contribution in [0.5, 0.6) is 0 Å². The van der Waals surface area contributed by atoms with Crippen LogP contribution in [-0.4, -0.2) is 31.7 Å². The fourth-order valence-electron chi connectivity index (χ4n) is 2.29. The monoisotopic (exact) mass is 220 g/mol. The van der Waals surface area contributed by atoms with Gasteiger partial charge in [-0.2, -0.15) is 0 Å². The molecular formula is C12H20N4. The van der Waals surface area contributed by atoms with Crippen LogP contribution in [0.2, 0.25) is 0 Å². The zero-order valence-corrected chi connectivity index (χ0v) is 10.2.